The molecule has 3 aromatic rings. The number of hydrogen-bond donors (Lipinski definition) is 2. The Morgan fingerprint density at radius 1 is 1.22 bits per heavy atom. The predicted octanol–water partition coefficient (Wildman–Crippen LogP) is 2.03. The zero-order chi connectivity index (χ0) is 16.4. The summed E-state index contributed by atoms with van der Waals surface area (Å²) < 4.78 is 1.74. The molecule has 0 aliphatic carbocycles. The van der Waals surface area contributed by atoms with Crippen molar-refractivity contribution in [3.05, 3.63) is 37.1 Å². The van der Waals surface area contributed by atoms with Gasteiger partial charge in [-0.25, -0.2) is 14.6 Å². The van der Waals surface area contributed by atoms with E-state index in [1.807, 2.05) is 32.9 Å². The summed E-state index contributed by atoms with van der Waals surface area (Å²) in [6, 6.07) is 3.73. The van der Waals surface area contributed by atoms with Crippen molar-refractivity contribution < 1.29 is 5.11 Å². The van der Waals surface area contributed by atoms with Crippen LogP contribution in [0.3, 0.4) is 0 Å². The topological polar surface area (TPSA) is 88.8 Å². The fourth-order valence-corrected chi connectivity index (χ4v) is 2.16. The lowest BCUT2D eigenvalue weighted by Gasteiger charge is -2.26. The van der Waals surface area contributed by atoms with Gasteiger partial charge in [-0.15, -0.1) is 0 Å². The Balaban J connectivity index is 1.90. The minimum absolute atomic E-state index is 0.194. The largest absolute Gasteiger partial charge is 0.391 e. The van der Waals surface area contributed by atoms with Crippen LogP contribution in [0.4, 0.5) is 5.82 Å². The van der Waals surface area contributed by atoms with E-state index in [0.29, 0.717) is 18.0 Å². The van der Waals surface area contributed by atoms with Gasteiger partial charge < -0.3 is 10.4 Å². The Kier molecular flexibility index (Phi) is 3.96. The molecule has 23 heavy (non-hydrogen) atoms. The van der Waals surface area contributed by atoms with Gasteiger partial charge in [0.05, 0.1) is 23.4 Å². The first-order chi connectivity index (χ1) is 11.0. The summed E-state index contributed by atoms with van der Waals surface area (Å²) in [7, 11) is 0. The minimum atomic E-state index is -0.484. The lowest BCUT2D eigenvalue weighted by molar-refractivity contribution is 0.0745. The highest BCUT2D eigenvalue weighted by Crippen LogP contribution is 2.23. The maximum absolute atomic E-state index is 10.2. The van der Waals surface area contributed by atoms with Crippen LogP contribution >= 0.6 is 0 Å². The Bertz CT molecular complexity index is 793. The first-order valence-electron chi connectivity index (χ1n) is 7.48. The number of fused-ring (bicyclic) bond motifs is 1. The van der Waals surface area contributed by atoms with Crippen LogP contribution < -0.4 is 5.32 Å². The fraction of sp³-hybridized carbons (Fsp3) is 0.375. The molecule has 3 aromatic heterocycles. The third kappa shape index (κ3) is 3.14. The summed E-state index contributed by atoms with van der Waals surface area (Å²) in [5.74, 6) is 0.665. The normalized spacial score (nSPS) is 13.2. The Morgan fingerprint density at radius 2 is 1.96 bits per heavy atom. The van der Waals surface area contributed by atoms with Crippen molar-refractivity contribution in [3.8, 4) is 5.69 Å². The van der Waals surface area contributed by atoms with Crippen molar-refractivity contribution in [1.82, 2.24) is 24.7 Å². The second kappa shape index (κ2) is 5.92. The molecule has 1 atom stereocenters. The summed E-state index contributed by atoms with van der Waals surface area (Å²) in [6.45, 7) is 6.40. The van der Waals surface area contributed by atoms with E-state index in [4.69, 9.17) is 0 Å². The van der Waals surface area contributed by atoms with Gasteiger partial charge in [0.2, 0.25) is 0 Å². The van der Waals surface area contributed by atoms with Crippen LogP contribution in [0.15, 0.2) is 37.1 Å². The van der Waals surface area contributed by atoms with E-state index in [-0.39, 0.29) is 5.41 Å². The lowest BCUT2D eigenvalue weighted by atomic mass is 9.89. The van der Waals surface area contributed by atoms with Gasteiger partial charge in [0.15, 0.2) is 5.65 Å². The third-order valence-corrected chi connectivity index (χ3v) is 3.74. The summed E-state index contributed by atoms with van der Waals surface area (Å²) in [6.07, 6.45) is 6.16. The van der Waals surface area contributed by atoms with Crippen LogP contribution in [0.1, 0.15) is 20.8 Å². The molecule has 0 saturated carbocycles. The standard InChI is InChI=1S/C16H20N6O/c1-16(2,3)13(23)9-18-14-12-8-21-22(15(12)20-10-19-14)11-4-6-17-7-5-11/h4-8,10,13,23H,9H2,1-3H3,(H,18,19,20). The van der Waals surface area contributed by atoms with E-state index in [1.54, 1.807) is 23.3 Å². The average molecular weight is 312 g/mol. The fourth-order valence-electron chi connectivity index (χ4n) is 2.16. The van der Waals surface area contributed by atoms with Crippen LogP contribution in [-0.2, 0) is 0 Å². The molecule has 7 heteroatoms. The van der Waals surface area contributed by atoms with Gasteiger partial charge in [-0.3, -0.25) is 4.98 Å². The van der Waals surface area contributed by atoms with Crippen molar-refractivity contribution in [2.45, 2.75) is 26.9 Å². The number of aromatic nitrogens is 5. The Labute approximate surface area is 134 Å². The van der Waals surface area contributed by atoms with Gasteiger partial charge in [-0.05, 0) is 17.5 Å². The van der Waals surface area contributed by atoms with Gasteiger partial charge in [-0.1, -0.05) is 20.8 Å². The molecule has 0 saturated heterocycles. The summed E-state index contributed by atoms with van der Waals surface area (Å²) >= 11 is 0. The van der Waals surface area contributed by atoms with Gasteiger partial charge in [0.25, 0.3) is 0 Å². The van der Waals surface area contributed by atoms with Gasteiger partial charge >= 0.3 is 0 Å². The van der Waals surface area contributed by atoms with Crippen molar-refractivity contribution in [1.29, 1.82) is 0 Å². The van der Waals surface area contributed by atoms with Gasteiger partial charge in [0, 0.05) is 18.9 Å². The van der Waals surface area contributed by atoms with E-state index in [0.717, 1.165) is 11.1 Å². The molecular weight excluding hydrogens is 292 g/mol. The maximum atomic E-state index is 10.2. The van der Waals surface area contributed by atoms with Crippen molar-refractivity contribution >= 4 is 16.9 Å². The molecule has 0 radical (unpaired) electrons. The molecule has 120 valence electrons. The van der Waals surface area contributed by atoms with E-state index in [1.165, 1.54) is 6.33 Å². The monoisotopic (exact) mass is 312 g/mol. The predicted molar refractivity (Wildman–Crippen MR) is 88.4 cm³/mol. The summed E-state index contributed by atoms with van der Waals surface area (Å²) in [4.78, 5) is 12.6. The molecule has 0 spiro atoms. The summed E-state index contributed by atoms with van der Waals surface area (Å²) in [5, 5.41) is 18.6. The van der Waals surface area contributed by atoms with E-state index in [2.05, 4.69) is 25.4 Å². The highest BCUT2D eigenvalue weighted by atomic mass is 16.3. The Hall–Kier alpha value is -2.54. The molecule has 0 aliphatic rings. The molecule has 7 nitrogen and oxygen atoms in total. The van der Waals surface area contributed by atoms with Gasteiger partial charge in [0.1, 0.15) is 12.1 Å². The number of aliphatic hydroxyl groups excluding tert-OH is 1. The molecule has 3 rings (SSSR count). The molecule has 2 N–H and O–H groups in total. The maximum Gasteiger partial charge on any atom is 0.168 e. The van der Waals surface area contributed by atoms with Gasteiger partial charge in [-0.2, -0.15) is 5.10 Å². The van der Waals surface area contributed by atoms with Crippen LogP contribution in [0.2, 0.25) is 0 Å². The molecule has 1 unspecified atom stereocenters. The quantitative estimate of drug-likeness (QED) is 0.766. The van der Waals surface area contributed by atoms with E-state index < -0.39 is 6.10 Å². The van der Waals surface area contributed by atoms with Crippen LogP contribution in [0.25, 0.3) is 16.7 Å². The molecule has 3 heterocycles. The molecule has 0 amide bonds. The Morgan fingerprint density at radius 3 is 2.65 bits per heavy atom. The lowest BCUT2D eigenvalue weighted by Crippen LogP contribution is -2.33. The molecule has 0 fully saturated rings. The van der Waals surface area contributed by atoms with Crippen molar-refractivity contribution in [2.75, 3.05) is 11.9 Å². The molecule has 0 aromatic carbocycles. The number of nitrogens with one attached hydrogen (secondary N) is 1. The number of nitrogens with zero attached hydrogens (tertiary/aromatic N) is 5. The third-order valence-electron chi connectivity index (χ3n) is 3.74. The first kappa shape index (κ1) is 15.4. The van der Waals surface area contributed by atoms with E-state index >= 15 is 0 Å². The highest BCUT2D eigenvalue weighted by molar-refractivity contribution is 5.87. The first-order valence-corrected chi connectivity index (χ1v) is 7.48. The average Bonchev–Trinajstić information content (AvgIpc) is 2.97. The number of aliphatic hydroxyl groups is 1. The summed E-state index contributed by atoms with van der Waals surface area (Å²) in [5.41, 5.74) is 1.40. The number of rotatable bonds is 4. The zero-order valence-corrected chi connectivity index (χ0v) is 13.4. The smallest absolute Gasteiger partial charge is 0.168 e. The second-order valence-electron chi connectivity index (χ2n) is 6.48. The zero-order valence-electron chi connectivity index (χ0n) is 13.4. The van der Waals surface area contributed by atoms with Crippen LogP contribution in [0, 0.1) is 5.41 Å². The molecule has 0 aliphatic heterocycles. The van der Waals surface area contributed by atoms with E-state index in [9.17, 15) is 5.11 Å². The number of hydrogen-bond acceptors (Lipinski definition) is 6. The van der Waals surface area contributed by atoms with Crippen molar-refractivity contribution in [2.24, 2.45) is 5.41 Å². The van der Waals surface area contributed by atoms with Crippen LogP contribution in [0.5, 0.6) is 0 Å². The minimum Gasteiger partial charge on any atom is -0.391 e. The number of pyridine rings is 1. The SMILES string of the molecule is CC(C)(C)C(O)CNc1ncnc2c1cnn2-c1ccncc1. The second-order valence-corrected chi connectivity index (χ2v) is 6.48. The number of anilines is 1. The molecule has 0 bridgehead atoms. The highest BCUT2D eigenvalue weighted by Gasteiger charge is 2.22. The van der Waals surface area contributed by atoms with Crippen molar-refractivity contribution in [3.63, 3.8) is 0 Å². The van der Waals surface area contributed by atoms with Crippen LogP contribution in [-0.4, -0.2) is 42.5 Å². The molecular formula is C16H20N6O.